The van der Waals surface area contributed by atoms with Crippen molar-refractivity contribution in [3.05, 3.63) is 59.7 Å². The molecule has 0 saturated carbocycles. The molecule has 0 radical (unpaired) electrons. The number of ether oxygens (including phenoxy) is 1. The molecular weight excluding hydrogens is 470 g/mol. The lowest BCUT2D eigenvalue weighted by Crippen LogP contribution is -2.54. The summed E-state index contributed by atoms with van der Waals surface area (Å²) in [7, 11) is 0. The molecule has 2 aliphatic rings. The van der Waals surface area contributed by atoms with Crippen LogP contribution in [0.1, 0.15) is 50.2 Å². The first kappa shape index (κ1) is 24.7. The zero-order valence-corrected chi connectivity index (χ0v) is 20.4. The van der Waals surface area contributed by atoms with Gasteiger partial charge in [-0.2, -0.15) is 5.10 Å². The van der Waals surface area contributed by atoms with Crippen LogP contribution in [0.5, 0.6) is 0 Å². The van der Waals surface area contributed by atoms with Crippen LogP contribution in [0.15, 0.2) is 53.6 Å². The first-order valence-electron chi connectivity index (χ1n) is 11.7. The highest BCUT2D eigenvalue weighted by atomic mass is 35.5. The van der Waals surface area contributed by atoms with Crippen LogP contribution in [0.3, 0.4) is 0 Å². The Balaban J connectivity index is 1.52. The summed E-state index contributed by atoms with van der Waals surface area (Å²) >= 11 is 6.41. The topological polar surface area (TPSA) is 99.5 Å². The van der Waals surface area contributed by atoms with Crippen LogP contribution in [-0.2, 0) is 14.3 Å². The molecule has 2 amide bonds. The maximum absolute atomic E-state index is 13.4. The number of carbonyl (C=O) groups is 3. The number of benzene rings is 2. The number of hydrogen-bond donors (Lipinski definition) is 1. The third-order valence-electron chi connectivity index (χ3n) is 6.77. The second-order valence-corrected chi connectivity index (χ2v) is 9.22. The first-order chi connectivity index (χ1) is 16.8. The normalized spacial score (nSPS) is 18.4. The molecule has 1 aliphatic carbocycles. The molecule has 1 heterocycles. The van der Waals surface area contributed by atoms with Crippen molar-refractivity contribution in [1.29, 1.82) is 0 Å². The smallest absolute Gasteiger partial charge is 0.425 e. The van der Waals surface area contributed by atoms with Crippen molar-refractivity contribution in [3.63, 3.8) is 0 Å². The van der Waals surface area contributed by atoms with Gasteiger partial charge in [0, 0.05) is 23.9 Å². The van der Waals surface area contributed by atoms with E-state index in [0.717, 1.165) is 31.7 Å². The van der Waals surface area contributed by atoms with Crippen molar-refractivity contribution in [2.24, 2.45) is 11.0 Å². The van der Waals surface area contributed by atoms with Gasteiger partial charge in [-0.1, -0.05) is 68.8 Å². The van der Waals surface area contributed by atoms with Gasteiger partial charge in [0.2, 0.25) is 0 Å². The highest BCUT2D eigenvalue weighted by molar-refractivity contribution is 6.22. The largest absolute Gasteiger partial charge is 0.480 e. The van der Waals surface area contributed by atoms with Crippen LogP contribution >= 0.6 is 11.8 Å². The Hall–Kier alpha value is -3.39. The van der Waals surface area contributed by atoms with E-state index < -0.39 is 30.1 Å². The molecule has 0 saturated heterocycles. The van der Waals surface area contributed by atoms with Gasteiger partial charge in [-0.15, -0.1) is 0 Å². The molecule has 2 aromatic carbocycles. The summed E-state index contributed by atoms with van der Waals surface area (Å²) in [4.78, 5) is 38.1. The van der Waals surface area contributed by atoms with Gasteiger partial charge in [0.15, 0.2) is 6.04 Å². The second-order valence-electron chi connectivity index (χ2n) is 8.86. The van der Waals surface area contributed by atoms with E-state index in [4.69, 9.17) is 16.5 Å². The van der Waals surface area contributed by atoms with Crippen LogP contribution in [0.25, 0.3) is 11.1 Å². The van der Waals surface area contributed by atoms with Crippen molar-refractivity contribution in [2.45, 2.75) is 51.1 Å². The number of nitrogens with zero attached hydrogens (tertiary/aromatic N) is 3. The predicted molar refractivity (Wildman–Crippen MR) is 132 cm³/mol. The Morgan fingerprint density at radius 3 is 2.31 bits per heavy atom. The lowest BCUT2D eigenvalue weighted by atomic mass is 9.97. The number of rotatable bonds is 7. The van der Waals surface area contributed by atoms with Crippen molar-refractivity contribution < 1.29 is 24.2 Å². The average Bonchev–Trinajstić information content (AvgIpc) is 3.20. The summed E-state index contributed by atoms with van der Waals surface area (Å²) in [5.41, 5.74) is 4.32. The van der Waals surface area contributed by atoms with Gasteiger partial charge in [0.1, 0.15) is 12.6 Å². The van der Waals surface area contributed by atoms with E-state index in [1.165, 1.54) is 6.21 Å². The van der Waals surface area contributed by atoms with Gasteiger partial charge >= 0.3 is 12.1 Å². The van der Waals surface area contributed by atoms with Gasteiger partial charge in [-0.25, -0.2) is 19.0 Å². The number of hydrogen-bond acceptors (Lipinski definition) is 5. The highest BCUT2D eigenvalue weighted by Gasteiger charge is 2.42. The standard InChI is InChI=1S/C26H28ClN3O5/c1-3-16(2)23(24(31)30-22(25(32)33)13-8-14-28-30)29(27)26(34)35-15-21-19-11-6-4-9-17(19)18-10-5-7-12-20(18)21/h4-7,9-12,14,16,21-23H,3,8,13,15H2,1-2H3,(H,32,33)/t16?,22-,23+/m1/s1. The molecule has 0 spiro atoms. The van der Waals surface area contributed by atoms with Crippen LogP contribution in [-0.4, -0.2) is 57.4 Å². The number of aliphatic carboxylic acids is 1. The van der Waals surface area contributed by atoms with E-state index >= 15 is 0 Å². The molecule has 1 N–H and O–H groups in total. The van der Waals surface area contributed by atoms with Crippen molar-refractivity contribution in [1.82, 2.24) is 9.43 Å². The minimum Gasteiger partial charge on any atom is -0.480 e. The SMILES string of the molecule is CCC(C)[C@@H](C(=O)N1N=CCC[C@@H]1C(=O)O)N(Cl)C(=O)OCC1c2ccccc2-c2ccccc21. The Bertz CT molecular complexity index is 1110. The molecule has 1 aliphatic heterocycles. The molecule has 9 heteroatoms. The molecule has 8 nitrogen and oxygen atoms in total. The molecule has 35 heavy (non-hydrogen) atoms. The predicted octanol–water partition coefficient (Wildman–Crippen LogP) is 4.87. The van der Waals surface area contributed by atoms with Gasteiger partial charge in [-0.05, 0) is 41.0 Å². The van der Waals surface area contributed by atoms with E-state index in [1.807, 2.05) is 55.5 Å². The maximum Gasteiger partial charge on any atom is 0.425 e. The third-order valence-corrected chi connectivity index (χ3v) is 7.12. The summed E-state index contributed by atoms with van der Waals surface area (Å²) in [6.45, 7) is 3.69. The fourth-order valence-corrected chi connectivity index (χ4v) is 5.04. The van der Waals surface area contributed by atoms with E-state index in [9.17, 15) is 19.5 Å². The van der Waals surface area contributed by atoms with E-state index in [2.05, 4.69) is 5.10 Å². The maximum atomic E-state index is 13.4. The molecule has 0 fully saturated rings. The summed E-state index contributed by atoms with van der Waals surface area (Å²) in [5.74, 6) is -2.31. The summed E-state index contributed by atoms with van der Waals surface area (Å²) in [5, 5.41) is 14.5. The monoisotopic (exact) mass is 497 g/mol. The number of hydrazone groups is 1. The fraction of sp³-hybridized carbons (Fsp3) is 0.385. The fourth-order valence-electron chi connectivity index (χ4n) is 4.71. The minimum absolute atomic E-state index is 0.0527. The lowest BCUT2D eigenvalue weighted by molar-refractivity contribution is -0.153. The van der Waals surface area contributed by atoms with Gasteiger partial charge in [0.25, 0.3) is 5.91 Å². The van der Waals surface area contributed by atoms with Gasteiger partial charge < -0.3 is 9.84 Å². The van der Waals surface area contributed by atoms with E-state index in [-0.39, 0.29) is 24.9 Å². The van der Waals surface area contributed by atoms with Crippen molar-refractivity contribution >= 4 is 36.0 Å². The average molecular weight is 498 g/mol. The Morgan fingerprint density at radius 1 is 1.14 bits per heavy atom. The van der Waals surface area contributed by atoms with Gasteiger partial charge in [0.05, 0.1) is 0 Å². The summed E-state index contributed by atoms with van der Waals surface area (Å²) in [6, 6.07) is 13.7. The molecule has 184 valence electrons. The Kier molecular flexibility index (Phi) is 7.40. The minimum atomic E-state index is -1.15. The number of carbonyl (C=O) groups excluding carboxylic acids is 2. The third kappa shape index (κ3) is 4.75. The number of amides is 2. The zero-order valence-electron chi connectivity index (χ0n) is 19.6. The zero-order chi connectivity index (χ0) is 25.1. The van der Waals surface area contributed by atoms with E-state index in [0.29, 0.717) is 12.8 Å². The number of carboxylic acids is 1. The molecule has 0 aromatic heterocycles. The molecule has 1 unspecified atom stereocenters. The van der Waals surface area contributed by atoms with Crippen LogP contribution in [0, 0.1) is 5.92 Å². The lowest BCUT2D eigenvalue weighted by Gasteiger charge is -2.34. The van der Waals surface area contributed by atoms with E-state index in [1.54, 1.807) is 6.92 Å². The molecular formula is C26H28ClN3O5. The Morgan fingerprint density at radius 2 is 1.74 bits per heavy atom. The molecule has 3 atom stereocenters. The first-order valence-corrected chi connectivity index (χ1v) is 12.1. The number of carboxylic acid groups (broad SMARTS) is 1. The van der Waals surface area contributed by atoms with Gasteiger partial charge in [-0.3, -0.25) is 4.79 Å². The van der Waals surface area contributed by atoms with Crippen LogP contribution < -0.4 is 0 Å². The Labute approximate surface area is 209 Å². The quantitative estimate of drug-likeness (QED) is 0.550. The van der Waals surface area contributed by atoms with Crippen LogP contribution in [0.2, 0.25) is 0 Å². The number of fused-ring (bicyclic) bond motifs is 3. The van der Waals surface area contributed by atoms with Crippen LogP contribution in [0.4, 0.5) is 4.79 Å². The summed E-state index contributed by atoms with van der Waals surface area (Å²) in [6.07, 6.45) is 1.86. The number of halogens is 1. The van der Waals surface area contributed by atoms with Crippen molar-refractivity contribution in [3.8, 4) is 11.1 Å². The highest BCUT2D eigenvalue weighted by Crippen LogP contribution is 2.44. The molecule has 0 bridgehead atoms. The van der Waals surface area contributed by atoms with Crippen molar-refractivity contribution in [2.75, 3.05) is 6.61 Å². The summed E-state index contributed by atoms with van der Waals surface area (Å²) < 4.78 is 6.37. The molecule has 2 aromatic rings. The second kappa shape index (κ2) is 10.5. The molecule has 4 rings (SSSR count).